The van der Waals surface area contributed by atoms with Crippen molar-refractivity contribution in [3.05, 3.63) is 23.7 Å². The zero-order valence-corrected chi connectivity index (χ0v) is 11.0. The smallest absolute Gasteiger partial charge is 0.118 e. The molecule has 0 aliphatic carbocycles. The zero-order chi connectivity index (χ0) is 12.1. The quantitative estimate of drug-likeness (QED) is 0.823. The molecular formula is C14H24N2O. The summed E-state index contributed by atoms with van der Waals surface area (Å²) in [5, 5.41) is 3.40. The Morgan fingerprint density at radius 3 is 2.65 bits per heavy atom. The fourth-order valence-corrected chi connectivity index (χ4v) is 2.25. The number of nitrogens with zero attached hydrogens (tertiary/aromatic N) is 1. The standard InChI is InChI=1S/C14H24N2O/c1-12(2)9-15-10-13-5-6-14(17-13)11-16-7-3-4-8-16/h5-6,12,15H,3-4,7-11H2,1-2H3. The van der Waals surface area contributed by atoms with Crippen LogP contribution in [0.5, 0.6) is 0 Å². The lowest BCUT2D eigenvalue weighted by molar-refractivity contribution is 0.291. The third kappa shape index (κ3) is 4.17. The van der Waals surface area contributed by atoms with Crippen molar-refractivity contribution >= 4 is 0 Å². The molecule has 0 amide bonds. The van der Waals surface area contributed by atoms with E-state index in [-0.39, 0.29) is 0 Å². The Morgan fingerprint density at radius 1 is 1.24 bits per heavy atom. The van der Waals surface area contributed by atoms with E-state index in [0.717, 1.165) is 31.2 Å². The van der Waals surface area contributed by atoms with Gasteiger partial charge in [-0.05, 0) is 50.5 Å². The number of hydrogen-bond acceptors (Lipinski definition) is 3. The van der Waals surface area contributed by atoms with E-state index in [1.165, 1.54) is 25.9 Å². The minimum absolute atomic E-state index is 0.689. The SMILES string of the molecule is CC(C)CNCc1ccc(CN2CCCC2)o1. The first-order chi connectivity index (χ1) is 8.24. The molecule has 17 heavy (non-hydrogen) atoms. The van der Waals surface area contributed by atoms with Gasteiger partial charge >= 0.3 is 0 Å². The third-order valence-corrected chi connectivity index (χ3v) is 3.15. The Balaban J connectivity index is 1.75. The largest absolute Gasteiger partial charge is 0.463 e. The van der Waals surface area contributed by atoms with Crippen molar-refractivity contribution in [2.24, 2.45) is 5.92 Å². The van der Waals surface area contributed by atoms with Gasteiger partial charge in [-0.2, -0.15) is 0 Å². The molecule has 1 N–H and O–H groups in total. The zero-order valence-electron chi connectivity index (χ0n) is 11.0. The highest BCUT2D eigenvalue weighted by Crippen LogP contribution is 2.15. The third-order valence-electron chi connectivity index (χ3n) is 3.15. The Bertz CT molecular complexity index is 327. The Labute approximate surface area is 104 Å². The molecule has 0 aromatic carbocycles. The second-order valence-electron chi connectivity index (χ2n) is 5.38. The van der Waals surface area contributed by atoms with E-state index in [0.29, 0.717) is 5.92 Å². The monoisotopic (exact) mass is 236 g/mol. The summed E-state index contributed by atoms with van der Waals surface area (Å²) < 4.78 is 5.82. The van der Waals surface area contributed by atoms with Crippen LogP contribution in [-0.4, -0.2) is 24.5 Å². The minimum Gasteiger partial charge on any atom is -0.463 e. The van der Waals surface area contributed by atoms with E-state index in [4.69, 9.17) is 4.42 Å². The van der Waals surface area contributed by atoms with Crippen molar-refractivity contribution in [2.45, 2.75) is 39.8 Å². The summed E-state index contributed by atoms with van der Waals surface area (Å²) in [6, 6.07) is 4.21. The van der Waals surface area contributed by atoms with Gasteiger partial charge in [-0.3, -0.25) is 4.90 Å². The second kappa shape index (κ2) is 6.22. The van der Waals surface area contributed by atoms with Crippen molar-refractivity contribution in [2.75, 3.05) is 19.6 Å². The average Bonchev–Trinajstić information content (AvgIpc) is 2.90. The van der Waals surface area contributed by atoms with Gasteiger partial charge in [0, 0.05) is 0 Å². The summed E-state index contributed by atoms with van der Waals surface area (Å²) in [7, 11) is 0. The van der Waals surface area contributed by atoms with Crippen LogP contribution in [0.3, 0.4) is 0 Å². The number of likely N-dealkylation sites (tertiary alicyclic amines) is 1. The lowest BCUT2D eigenvalue weighted by Crippen LogP contribution is -2.19. The fraction of sp³-hybridized carbons (Fsp3) is 0.714. The maximum Gasteiger partial charge on any atom is 0.118 e. The minimum atomic E-state index is 0.689. The summed E-state index contributed by atoms with van der Waals surface area (Å²) in [5.41, 5.74) is 0. The molecular weight excluding hydrogens is 212 g/mol. The van der Waals surface area contributed by atoms with Gasteiger partial charge in [-0.15, -0.1) is 0 Å². The van der Waals surface area contributed by atoms with Crippen molar-refractivity contribution < 1.29 is 4.42 Å². The Kier molecular flexibility index (Phi) is 4.63. The van der Waals surface area contributed by atoms with Crippen molar-refractivity contribution in [3.63, 3.8) is 0 Å². The summed E-state index contributed by atoms with van der Waals surface area (Å²) >= 11 is 0. The molecule has 2 rings (SSSR count). The first kappa shape index (κ1) is 12.7. The fourth-order valence-electron chi connectivity index (χ4n) is 2.25. The van der Waals surface area contributed by atoms with E-state index in [2.05, 4.69) is 36.2 Å². The maximum atomic E-state index is 5.82. The highest BCUT2D eigenvalue weighted by atomic mass is 16.3. The van der Waals surface area contributed by atoms with Crippen molar-refractivity contribution in [3.8, 4) is 0 Å². The van der Waals surface area contributed by atoms with Gasteiger partial charge in [-0.1, -0.05) is 13.8 Å². The molecule has 1 aliphatic rings. The summed E-state index contributed by atoms with van der Waals surface area (Å²) in [5.74, 6) is 2.85. The van der Waals surface area contributed by atoms with Crippen LogP contribution in [0.1, 0.15) is 38.2 Å². The maximum absolute atomic E-state index is 5.82. The first-order valence-corrected chi connectivity index (χ1v) is 6.74. The summed E-state index contributed by atoms with van der Waals surface area (Å²) in [6.07, 6.45) is 2.67. The molecule has 2 heterocycles. The number of hydrogen-bond donors (Lipinski definition) is 1. The Hall–Kier alpha value is -0.800. The van der Waals surface area contributed by atoms with Crippen molar-refractivity contribution in [1.82, 2.24) is 10.2 Å². The molecule has 0 unspecified atom stereocenters. The van der Waals surface area contributed by atoms with Crippen molar-refractivity contribution in [1.29, 1.82) is 0 Å². The van der Waals surface area contributed by atoms with E-state index < -0.39 is 0 Å². The van der Waals surface area contributed by atoms with E-state index >= 15 is 0 Å². The molecule has 96 valence electrons. The molecule has 0 atom stereocenters. The van der Waals surface area contributed by atoms with Gasteiger partial charge in [0.25, 0.3) is 0 Å². The van der Waals surface area contributed by atoms with Gasteiger partial charge in [0.2, 0.25) is 0 Å². The molecule has 0 spiro atoms. The van der Waals surface area contributed by atoms with Crippen LogP contribution < -0.4 is 5.32 Å². The highest BCUT2D eigenvalue weighted by Gasteiger charge is 2.13. The summed E-state index contributed by atoms with van der Waals surface area (Å²) in [4.78, 5) is 2.46. The molecule has 0 radical (unpaired) electrons. The predicted octanol–water partition coefficient (Wildman–Crippen LogP) is 2.62. The van der Waals surface area contributed by atoms with Crippen LogP contribution in [-0.2, 0) is 13.1 Å². The van der Waals surface area contributed by atoms with E-state index in [1.807, 2.05) is 0 Å². The topological polar surface area (TPSA) is 28.4 Å². The van der Waals surface area contributed by atoms with Gasteiger partial charge in [0.15, 0.2) is 0 Å². The van der Waals surface area contributed by atoms with E-state index in [1.54, 1.807) is 0 Å². The van der Waals surface area contributed by atoms with E-state index in [9.17, 15) is 0 Å². The van der Waals surface area contributed by atoms with Crippen LogP contribution in [0, 0.1) is 5.92 Å². The molecule has 1 saturated heterocycles. The number of furan rings is 1. The van der Waals surface area contributed by atoms with Crippen LogP contribution in [0.15, 0.2) is 16.5 Å². The lowest BCUT2D eigenvalue weighted by atomic mass is 10.2. The normalized spacial score (nSPS) is 17.1. The highest BCUT2D eigenvalue weighted by molar-refractivity contribution is 5.07. The van der Waals surface area contributed by atoms with Gasteiger partial charge in [0.05, 0.1) is 13.1 Å². The van der Waals surface area contributed by atoms with Crippen LogP contribution in [0.25, 0.3) is 0 Å². The molecule has 0 bridgehead atoms. The summed E-state index contributed by atoms with van der Waals surface area (Å²) in [6.45, 7) is 9.75. The van der Waals surface area contributed by atoms with Crippen LogP contribution >= 0.6 is 0 Å². The van der Waals surface area contributed by atoms with Crippen LogP contribution in [0.4, 0.5) is 0 Å². The second-order valence-corrected chi connectivity index (χ2v) is 5.38. The van der Waals surface area contributed by atoms with Crippen LogP contribution in [0.2, 0.25) is 0 Å². The average molecular weight is 236 g/mol. The predicted molar refractivity (Wildman–Crippen MR) is 69.8 cm³/mol. The molecule has 3 heteroatoms. The van der Waals surface area contributed by atoms with Gasteiger partial charge < -0.3 is 9.73 Å². The lowest BCUT2D eigenvalue weighted by Gasteiger charge is -2.11. The number of nitrogens with one attached hydrogen (secondary N) is 1. The van der Waals surface area contributed by atoms with Gasteiger partial charge in [0.1, 0.15) is 11.5 Å². The Morgan fingerprint density at radius 2 is 1.94 bits per heavy atom. The first-order valence-electron chi connectivity index (χ1n) is 6.74. The molecule has 0 saturated carbocycles. The van der Waals surface area contributed by atoms with Gasteiger partial charge in [-0.25, -0.2) is 0 Å². The molecule has 1 aliphatic heterocycles. The molecule has 1 aromatic heterocycles. The number of rotatable bonds is 6. The molecule has 1 fully saturated rings. The molecule has 3 nitrogen and oxygen atoms in total. The molecule has 1 aromatic rings.